The van der Waals surface area contributed by atoms with E-state index in [0.29, 0.717) is 17.9 Å². The summed E-state index contributed by atoms with van der Waals surface area (Å²) in [4.78, 5) is 12.0. The van der Waals surface area contributed by atoms with Crippen molar-refractivity contribution in [1.29, 1.82) is 0 Å². The molecule has 3 nitrogen and oxygen atoms in total. The highest BCUT2D eigenvalue weighted by Gasteiger charge is 2.08. The molecule has 0 saturated carbocycles. The molecule has 104 valence electrons. The Morgan fingerprint density at radius 2 is 1.95 bits per heavy atom. The van der Waals surface area contributed by atoms with E-state index in [2.05, 4.69) is 27.9 Å². The summed E-state index contributed by atoms with van der Waals surface area (Å²) < 4.78 is 19.8. The fourth-order valence-electron chi connectivity index (χ4n) is 1.66. The highest BCUT2D eigenvalue weighted by atomic mass is 127. The molecule has 5 heteroatoms. The summed E-state index contributed by atoms with van der Waals surface area (Å²) in [5.41, 5.74) is 0.925. The van der Waals surface area contributed by atoms with Crippen LogP contribution in [0.25, 0.3) is 0 Å². The first kappa shape index (κ1) is 14.8. The number of anilines is 1. The molecule has 2 rings (SSSR count). The Balaban J connectivity index is 2.11. The molecule has 0 saturated heterocycles. The second kappa shape index (κ2) is 6.69. The zero-order valence-electron chi connectivity index (χ0n) is 10.8. The summed E-state index contributed by atoms with van der Waals surface area (Å²) in [5, 5.41) is 2.65. The average Bonchev–Trinajstić information content (AvgIpc) is 2.42. The first-order chi connectivity index (χ1) is 9.60. The maximum absolute atomic E-state index is 13.7. The summed E-state index contributed by atoms with van der Waals surface area (Å²) in [6.07, 6.45) is 0. The highest BCUT2D eigenvalue weighted by molar-refractivity contribution is 14.1. The van der Waals surface area contributed by atoms with Gasteiger partial charge in [0.2, 0.25) is 0 Å². The molecule has 0 atom stereocenters. The second-order valence-corrected chi connectivity index (χ2v) is 5.28. The summed E-state index contributed by atoms with van der Waals surface area (Å²) >= 11 is 2.16. The largest absolute Gasteiger partial charge is 0.491 e. The van der Waals surface area contributed by atoms with Crippen molar-refractivity contribution in [2.24, 2.45) is 0 Å². The number of ether oxygens (including phenoxy) is 1. The third-order valence-corrected chi connectivity index (χ3v) is 3.32. The maximum Gasteiger partial charge on any atom is 0.255 e. The molecule has 0 unspecified atom stereocenters. The van der Waals surface area contributed by atoms with Gasteiger partial charge in [-0.2, -0.15) is 0 Å². The van der Waals surface area contributed by atoms with E-state index >= 15 is 0 Å². The van der Waals surface area contributed by atoms with Crippen LogP contribution < -0.4 is 10.1 Å². The SMILES string of the molecule is CCOc1ccc(NC(=O)c2ccc(I)cc2)cc1F. The Kier molecular flexibility index (Phi) is 4.94. The van der Waals surface area contributed by atoms with Gasteiger partial charge >= 0.3 is 0 Å². The van der Waals surface area contributed by atoms with Gasteiger partial charge in [0.1, 0.15) is 0 Å². The fourth-order valence-corrected chi connectivity index (χ4v) is 2.02. The molecule has 1 N–H and O–H groups in total. The number of hydrogen-bond donors (Lipinski definition) is 1. The first-order valence-electron chi connectivity index (χ1n) is 6.09. The van der Waals surface area contributed by atoms with Gasteiger partial charge in [-0.05, 0) is 65.9 Å². The average molecular weight is 385 g/mol. The lowest BCUT2D eigenvalue weighted by Crippen LogP contribution is -2.12. The monoisotopic (exact) mass is 385 g/mol. The molecular formula is C15H13FINO2. The normalized spacial score (nSPS) is 10.2. The second-order valence-electron chi connectivity index (χ2n) is 4.04. The van der Waals surface area contributed by atoms with E-state index in [1.54, 1.807) is 25.1 Å². The van der Waals surface area contributed by atoms with Crippen LogP contribution in [0.1, 0.15) is 17.3 Å². The number of amides is 1. The van der Waals surface area contributed by atoms with E-state index in [9.17, 15) is 9.18 Å². The van der Waals surface area contributed by atoms with Crippen LogP contribution in [0.4, 0.5) is 10.1 Å². The first-order valence-corrected chi connectivity index (χ1v) is 7.17. The van der Waals surface area contributed by atoms with Gasteiger partial charge in [0.15, 0.2) is 11.6 Å². The Morgan fingerprint density at radius 3 is 2.55 bits per heavy atom. The zero-order valence-corrected chi connectivity index (χ0v) is 13.0. The van der Waals surface area contributed by atoms with Gasteiger partial charge in [-0.15, -0.1) is 0 Å². The molecule has 0 heterocycles. The molecule has 1 amide bonds. The minimum atomic E-state index is -0.493. The van der Waals surface area contributed by atoms with E-state index in [0.717, 1.165) is 3.57 Å². The van der Waals surface area contributed by atoms with Crippen molar-refractivity contribution in [2.75, 3.05) is 11.9 Å². The van der Waals surface area contributed by atoms with Crippen molar-refractivity contribution in [1.82, 2.24) is 0 Å². The van der Waals surface area contributed by atoms with Crippen LogP contribution in [0, 0.1) is 9.39 Å². The molecule has 0 bridgehead atoms. The molecule has 2 aromatic rings. The molecule has 0 fully saturated rings. The van der Waals surface area contributed by atoms with Gasteiger partial charge in [-0.25, -0.2) is 4.39 Å². The fraction of sp³-hybridized carbons (Fsp3) is 0.133. The Bertz CT molecular complexity index is 614. The van der Waals surface area contributed by atoms with E-state index < -0.39 is 5.82 Å². The number of halogens is 2. The standard InChI is InChI=1S/C15H13FINO2/c1-2-20-14-8-7-12(9-13(14)16)18-15(19)10-3-5-11(17)6-4-10/h3-9H,2H2,1H3,(H,18,19). The lowest BCUT2D eigenvalue weighted by molar-refractivity contribution is 0.102. The van der Waals surface area contributed by atoms with E-state index in [4.69, 9.17) is 4.74 Å². The summed E-state index contributed by atoms with van der Waals surface area (Å²) in [7, 11) is 0. The minimum absolute atomic E-state index is 0.180. The predicted molar refractivity (Wildman–Crippen MR) is 84.7 cm³/mol. The Labute approximate surface area is 130 Å². The van der Waals surface area contributed by atoms with Crippen molar-refractivity contribution in [2.45, 2.75) is 6.92 Å². The number of carbonyl (C=O) groups excluding carboxylic acids is 1. The minimum Gasteiger partial charge on any atom is -0.491 e. The van der Waals surface area contributed by atoms with Crippen molar-refractivity contribution in [3.63, 3.8) is 0 Å². The van der Waals surface area contributed by atoms with Gasteiger partial charge < -0.3 is 10.1 Å². The van der Waals surface area contributed by atoms with Crippen molar-refractivity contribution in [3.05, 3.63) is 57.4 Å². The van der Waals surface area contributed by atoms with Crippen LogP contribution in [-0.4, -0.2) is 12.5 Å². The summed E-state index contributed by atoms with van der Waals surface area (Å²) in [6, 6.07) is 11.5. The highest BCUT2D eigenvalue weighted by Crippen LogP contribution is 2.21. The van der Waals surface area contributed by atoms with Crippen LogP contribution in [0.3, 0.4) is 0 Å². The smallest absolute Gasteiger partial charge is 0.255 e. The van der Waals surface area contributed by atoms with Crippen molar-refractivity contribution >= 4 is 34.2 Å². The number of hydrogen-bond acceptors (Lipinski definition) is 2. The van der Waals surface area contributed by atoms with Gasteiger partial charge in [-0.3, -0.25) is 4.79 Å². The quantitative estimate of drug-likeness (QED) is 0.806. The molecule has 0 aliphatic carbocycles. The molecule has 20 heavy (non-hydrogen) atoms. The van der Waals surface area contributed by atoms with Crippen LogP contribution in [-0.2, 0) is 0 Å². The van der Waals surface area contributed by atoms with Gasteiger partial charge in [0.05, 0.1) is 6.61 Å². The maximum atomic E-state index is 13.7. The molecule has 2 aromatic carbocycles. The van der Waals surface area contributed by atoms with Crippen LogP contribution in [0.15, 0.2) is 42.5 Å². The lowest BCUT2D eigenvalue weighted by Gasteiger charge is -2.08. The van der Waals surface area contributed by atoms with E-state index in [1.165, 1.54) is 12.1 Å². The van der Waals surface area contributed by atoms with Gasteiger partial charge in [0.25, 0.3) is 5.91 Å². The van der Waals surface area contributed by atoms with Crippen LogP contribution >= 0.6 is 22.6 Å². The molecule has 0 aromatic heterocycles. The van der Waals surface area contributed by atoms with Crippen molar-refractivity contribution in [3.8, 4) is 5.75 Å². The van der Waals surface area contributed by atoms with Crippen LogP contribution in [0.2, 0.25) is 0 Å². The lowest BCUT2D eigenvalue weighted by atomic mass is 10.2. The van der Waals surface area contributed by atoms with Crippen LogP contribution in [0.5, 0.6) is 5.75 Å². The molecule has 0 radical (unpaired) electrons. The number of benzene rings is 2. The van der Waals surface area contributed by atoms with Gasteiger partial charge in [0, 0.05) is 20.9 Å². The predicted octanol–water partition coefficient (Wildman–Crippen LogP) is 4.08. The van der Waals surface area contributed by atoms with Gasteiger partial charge in [-0.1, -0.05) is 0 Å². The van der Waals surface area contributed by atoms with Crippen molar-refractivity contribution < 1.29 is 13.9 Å². The topological polar surface area (TPSA) is 38.3 Å². The third kappa shape index (κ3) is 3.69. The number of nitrogens with one attached hydrogen (secondary N) is 1. The Hall–Kier alpha value is -1.63. The third-order valence-electron chi connectivity index (χ3n) is 2.60. The Morgan fingerprint density at radius 1 is 1.25 bits per heavy atom. The molecular weight excluding hydrogens is 372 g/mol. The summed E-state index contributed by atoms with van der Waals surface area (Å²) in [5.74, 6) is -0.586. The molecule has 0 spiro atoms. The summed E-state index contributed by atoms with van der Waals surface area (Å²) in [6.45, 7) is 2.18. The molecule has 0 aliphatic rings. The number of carbonyl (C=O) groups is 1. The van der Waals surface area contributed by atoms with E-state index in [1.807, 2.05) is 12.1 Å². The van der Waals surface area contributed by atoms with E-state index in [-0.39, 0.29) is 11.7 Å². The number of rotatable bonds is 4. The molecule has 0 aliphatic heterocycles. The zero-order chi connectivity index (χ0) is 14.5.